The van der Waals surface area contributed by atoms with Crippen LogP contribution in [-0.2, 0) is 20.9 Å². The van der Waals surface area contributed by atoms with Gasteiger partial charge < -0.3 is 36.3 Å². The van der Waals surface area contributed by atoms with Crippen molar-refractivity contribution in [1.82, 2.24) is 30.4 Å². The number of morpholine rings is 1. The summed E-state index contributed by atoms with van der Waals surface area (Å²) >= 11 is 0. The van der Waals surface area contributed by atoms with E-state index in [0.717, 1.165) is 56.7 Å². The number of aromatic amines is 2. The number of H-pyrrole nitrogens is 2. The molecule has 2 amide bonds. The fraction of sp³-hybridized carbons (Fsp3) is 0.435. The van der Waals surface area contributed by atoms with Crippen LogP contribution in [0, 0.1) is 0 Å². The highest BCUT2D eigenvalue weighted by molar-refractivity contribution is 5.93. The molecular formula is C23H30N8O6. The maximum atomic E-state index is 12.0. The van der Waals surface area contributed by atoms with Crippen LogP contribution in [0.2, 0.25) is 0 Å². The molecule has 14 nitrogen and oxygen atoms in total. The second-order valence-corrected chi connectivity index (χ2v) is 8.90. The van der Waals surface area contributed by atoms with Crippen molar-refractivity contribution >= 4 is 34.7 Å². The molecule has 0 unspecified atom stereocenters. The molecule has 1 aliphatic heterocycles. The van der Waals surface area contributed by atoms with Gasteiger partial charge in [-0.2, -0.15) is 5.10 Å². The van der Waals surface area contributed by atoms with Crippen molar-refractivity contribution in [2.75, 3.05) is 31.6 Å². The third-order valence-corrected chi connectivity index (χ3v) is 5.80. The highest BCUT2D eigenvalue weighted by Gasteiger charge is 2.24. The van der Waals surface area contributed by atoms with E-state index in [1.165, 1.54) is 5.56 Å². The standard InChI is InChI=1S/C19H23N7O2.C4H7NO4/c27-19(21-13-2-3-13)24-16-10-20-25-17(16)18-22-14-4-1-12(9-15(14)23-18)11-26-5-7-28-8-6-26;5-2(4(8)9)1-3(6)7/h1,4,9-10,13H,2-3,5-8,11H2,(H,20,25)(H,22,23)(H2,21,24,27);2H,1,5H2,(H,6,7)(H,8,9)/t;2-/m.0/s1. The molecule has 2 aromatic heterocycles. The summed E-state index contributed by atoms with van der Waals surface area (Å²) in [7, 11) is 0. The van der Waals surface area contributed by atoms with Crippen molar-refractivity contribution in [2.45, 2.75) is 37.9 Å². The zero-order valence-corrected chi connectivity index (χ0v) is 20.1. The van der Waals surface area contributed by atoms with Crippen LogP contribution in [0.1, 0.15) is 24.8 Å². The Morgan fingerprint density at radius 2 is 1.97 bits per heavy atom. The molecule has 1 atom stereocenters. The zero-order chi connectivity index (χ0) is 26.4. The van der Waals surface area contributed by atoms with Gasteiger partial charge in [0, 0.05) is 25.7 Å². The molecule has 37 heavy (non-hydrogen) atoms. The number of anilines is 1. The van der Waals surface area contributed by atoms with Crippen molar-refractivity contribution in [2.24, 2.45) is 5.73 Å². The van der Waals surface area contributed by atoms with Crippen molar-refractivity contribution in [3.05, 3.63) is 30.0 Å². The largest absolute Gasteiger partial charge is 0.481 e. The van der Waals surface area contributed by atoms with Crippen LogP contribution >= 0.6 is 0 Å². The molecule has 1 aromatic carbocycles. The predicted molar refractivity (Wildman–Crippen MR) is 133 cm³/mol. The number of nitrogens with zero attached hydrogens (tertiary/aromatic N) is 3. The molecule has 5 rings (SSSR count). The van der Waals surface area contributed by atoms with E-state index in [0.29, 0.717) is 23.2 Å². The molecule has 198 valence electrons. The lowest BCUT2D eigenvalue weighted by molar-refractivity contribution is -0.144. The Bertz CT molecular complexity index is 1250. The number of hydrogen-bond donors (Lipinski definition) is 7. The minimum atomic E-state index is -1.29. The molecule has 1 aliphatic carbocycles. The molecular weight excluding hydrogens is 484 g/mol. The lowest BCUT2D eigenvalue weighted by atomic mass is 10.2. The van der Waals surface area contributed by atoms with Crippen molar-refractivity contribution < 1.29 is 29.3 Å². The number of rotatable bonds is 8. The summed E-state index contributed by atoms with van der Waals surface area (Å²) < 4.78 is 5.41. The Morgan fingerprint density at radius 3 is 2.62 bits per heavy atom. The summed E-state index contributed by atoms with van der Waals surface area (Å²) in [6.45, 7) is 4.39. The van der Waals surface area contributed by atoms with E-state index >= 15 is 0 Å². The van der Waals surface area contributed by atoms with Crippen molar-refractivity contribution in [3.63, 3.8) is 0 Å². The zero-order valence-electron chi connectivity index (χ0n) is 20.1. The van der Waals surface area contributed by atoms with E-state index in [-0.39, 0.29) is 6.03 Å². The van der Waals surface area contributed by atoms with Crippen LogP contribution in [0.4, 0.5) is 10.5 Å². The van der Waals surface area contributed by atoms with Gasteiger partial charge in [0.05, 0.1) is 42.6 Å². The Kier molecular flexibility index (Phi) is 8.32. The van der Waals surface area contributed by atoms with Gasteiger partial charge in [0.1, 0.15) is 11.7 Å². The lowest BCUT2D eigenvalue weighted by Gasteiger charge is -2.26. The number of benzene rings is 1. The maximum absolute atomic E-state index is 12.0. The first-order valence-electron chi connectivity index (χ1n) is 11.9. The number of nitrogens with one attached hydrogen (secondary N) is 4. The SMILES string of the molecule is N[C@@H](CC(=O)O)C(=O)O.O=C(Nc1cn[nH]c1-c1nc2ccc(CN3CCOCC3)cc2[nH]1)NC1CC1. The summed E-state index contributed by atoms with van der Waals surface area (Å²) in [5, 5.41) is 28.8. The fourth-order valence-corrected chi connectivity index (χ4v) is 3.70. The van der Waals surface area contributed by atoms with Gasteiger partial charge in [0.2, 0.25) is 0 Å². The number of aliphatic carboxylic acids is 2. The van der Waals surface area contributed by atoms with Crippen LogP contribution in [0.15, 0.2) is 24.4 Å². The molecule has 0 radical (unpaired) electrons. The van der Waals surface area contributed by atoms with Gasteiger partial charge >= 0.3 is 18.0 Å². The van der Waals surface area contributed by atoms with Crippen LogP contribution in [0.5, 0.6) is 0 Å². The predicted octanol–water partition coefficient (Wildman–Crippen LogP) is 0.942. The summed E-state index contributed by atoms with van der Waals surface area (Å²) in [6.07, 6.45) is 3.15. The van der Waals surface area contributed by atoms with E-state index in [2.05, 4.69) is 47.8 Å². The van der Waals surface area contributed by atoms with Gasteiger partial charge in [-0.1, -0.05) is 6.07 Å². The van der Waals surface area contributed by atoms with Gasteiger partial charge in [-0.25, -0.2) is 9.78 Å². The van der Waals surface area contributed by atoms with E-state index < -0.39 is 24.4 Å². The molecule has 3 heterocycles. The summed E-state index contributed by atoms with van der Waals surface area (Å²) in [6, 6.07) is 5.05. The normalized spacial score (nSPS) is 16.5. The number of hydrogen-bond acceptors (Lipinski definition) is 8. The van der Waals surface area contributed by atoms with Crippen LogP contribution in [-0.4, -0.2) is 91.6 Å². The average molecular weight is 515 g/mol. The molecule has 1 saturated heterocycles. The number of carboxylic acids is 2. The van der Waals surface area contributed by atoms with E-state index in [4.69, 9.17) is 20.7 Å². The number of carbonyl (C=O) groups excluding carboxylic acids is 1. The Hall–Kier alpha value is -4.01. The highest BCUT2D eigenvalue weighted by atomic mass is 16.5. The van der Waals surface area contributed by atoms with E-state index in [9.17, 15) is 14.4 Å². The number of amides is 2. The quantitative estimate of drug-likeness (QED) is 0.226. The number of carboxylic acid groups (broad SMARTS) is 2. The summed E-state index contributed by atoms with van der Waals surface area (Å²) in [5.41, 5.74) is 9.18. The van der Waals surface area contributed by atoms with Gasteiger partial charge in [0.15, 0.2) is 5.82 Å². The highest BCUT2D eigenvalue weighted by Crippen LogP contribution is 2.26. The summed E-state index contributed by atoms with van der Waals surface area (Å²) in [4.78, 5) is 42.0. The molecule has 0 bridgehead atoms. The number of urea groups is 1. The molecule has 14 heteroatoms. The molecule has 1 saturated carbocycles. The Balaban J connectivity index is 0.000000307. The molecule has 8 N–H and O–H groups in total. The van der Waals surface area contributed by atoms with Gasteiger partial charge in [0.25, 0.3) is 0 Å². The first-order valence-corrected chi connectivity index (χ1v) is 11.9. The van der Waals surface area contributed by atoms with Crippen molar-refractivity contribution in [1.29, 1.82) is 0 Å². The van der Waals surface area contributed by atoms with Gasteiger partial charge in [-0.3, -0.25) is 19.6 Å². The molecule has 0 spiro atoms. The first kappa shape index (κ1) is 26.1. The second-order valence-electron chi connectivity index (χ2n) is 8.90. The third-order valence-electron chi connectivity index (χ3n) is 5.80. The average Bonchev–Trinajstić information content (AvgIpc) is 3.37. The van der Waals surface area contributed by atoms with Crippen LogP contribution in [0.25, 0.3) is 22.6 Å². The number of ether oxygens (including phenoxy) is 1. The number of fused-ring (bicyclic) bond motifs is 1. The Morgan fingerprint density at radius 1 is 1.22 bits per heavy atom. The number of aromatic nitrogens is 4. The Labute approximate surface area is 211 Å². The maximum Gasteiger partial charge on any atom is 0.321 e. The minimum absolute atomic E-state index is 0.214. The van der Waals surface area contributed by atoms with Gasteiger partial charge in [-0.05, 0) is 30.5 Å². The van der Waals surface area contributed by atoms with E-state index in [1.54, 1.807) is 6.20 Å². The smallest absolute Gasteiger partial charge is 0.321 e. The lowest BCUT2D eigenvalue weighted by Crippen LogP contribution is -2.35. The summed E-state index contributed by atoms with van der Waals surface area (Å²) in [5.74, 6) is -1.85. The third kappa shape index (κ3) is 7.49. The van der Waals surface area contributed by atoms with Gasteiger partial charge in [-0.15, -0.1) is 0 Å². The molecule has 2 fully saturated rings. The number of imidazole rings is 1. The van der Waals surface area contributed by atoms with Crippen LogP contribution < -0.4 is 16.4 Å². The first-order chi connectivity index (χ1) is 17.8. The molecule has 2 aliphatic rings. The monoisotopic (exact) mass is 514 g/mol. The second kappa shape index (κ2) is 11.8. The number of carbonyl (C=O) groups is 3. The molecule has 3 aromatic rings. The van der Waals surface area contributed by atoms with E-state index in [1.807, 2.05) is 6.07 Å². The fourth-order valence-electron chi connectivity index (χ4n) is 3.70. The van der Waals surface area contributed by atoms with Crippen molar-refractivity contribution in [3.8, 4) is 11.5 Å². The minimum Gasteiger partial charge on any atom is -0.481 e. The topological polar surface area (TPSA) is 212 Å². The number of nitrogens with two attached hydrogens (primary N) is 1. The van der Waals surface area contributed by atoms with Crippen LogP contribution in [0.3, 0.4) is 0 Å².